The van der Waals surface area contributed by atoms with E-state index in [1.54, 1.807) is 0 Å². The molecule has 0 rings (SSSR count). The Bertz CT molecular complexity index is 82.9. The fourth-order valence-corrected chi connectivity index (χ4v) is 0.794. The van der Waals surface area contributed by atoms with Crippen LogP contribution < -0.4 is 11.1 Å². The first-order valence-corrected chi connectivity index (χ1v) is 3.65. The van der Waals surface area contributed by atoms with Gasteiger partial charge in [0.2, 0.25) is 0 Å². The zero-order valence-electron chi connectivity index (χ0n) is 7.39. The molecule has 0 saturated heterocycles. The molecule has 0 bridgehead atoms. The van der Waals surface area contributed by atoms with Gasteiger partial charge in [-0.2, -0.15) is 0 Å². The van der Waals surface area contributed by atoms with E-state index in [1.165, 1.54) is 0 Å². The van der Waals surface area contributed by atoms with Gasteiger partial charge in [0, 0.05) is 18.6 Å². The highest BCUT2D eigenvalue weighted by atomic mass is 15.1. The first kappa shape index (κ1) is 9.88. The molecule has 0 spiro atoms. The number of likely N-dealkylation sites (N-methyl/N-ethyl adjacent to an activating group) is 2. The molecule has 0 fully saturated rings. The Kier molecular flexibility index (Phi) is 4.60. The van der Waals surface area contributed by atoms with E-state index in [2.05, 4.69) is 17.1 Å². The normalized spacial score (nSPS) is 17.4. The van der Waals surface area contributed by atoms with Crippen LogP contribution in [0.2, 0.25) is 0 Å². The van der Waals surface area contributed by atoms with Crippen LogP contribution in [-0.4, -0.2) is 44.7 Å². The predicted octanol–water partition coefficient (Wildman–Crippen LogP) is -0.517. The maximum Gasteiger partial charge on any atom is 0.0320 e. The van der Waals surface area contributed by atoms with Gasteiger partial charge in [-0.05, 0) is 28.1 Å². The second-order valence-electron chi connectivity index (χ2n) is 3.00. The zero-order chi connectivity index (χ0) is 8.15. The van der Waals surface area contributed by atoms with Gasteiger partial charge >= 0.3 is 0 Å². The number of nitrogens with one attached hydrogen (secondary N) is 1. The summed E-state index contributed by atoms with van der Waals surface area (Å²) in [5.74, 6) is 0. The summed E-state index contributed by atoms with van der Waals surface area (Å²) >= 11 is 0. The minimum atomic E-state index is 0.222. The molecule has 2 atom stereocenters. The molecule has 0 aromatic heterocycles. The quantitative estimate of drug-likeness (QED) is 0.559. The molecule has 0 aliphatic rings. The van der Waals surface area contributed by atoms with Crippen molar-refractivity contribution in [2.24, 2.45) is 5.73 Å². The number of rotatable bonds is 4. The molecule has 62 valence electrons. The van der Waals surface area contributed by atoms with Crippen LogP contribution in [-0.2, 0) is 0 Å². The van der Waals surface area contributed by atoms with Crippen molar-refractivity contribution in [1.82, 2.24) is 10.2 Å². The molecule has 0 heterocycles. The molecular formula is C7H19N3. The maximum atomic E-state index is 5.82. The van der Waals surface area contributed by atoms with Crippen LogP contribution in [0.5, 0.6) is 0 Å². The van der Waals surface area contributed by atoms with Crippen LogP contribution in [0.15, 0.2) is 0 Å². The lowest BCUT2D eigenvalue weighted by Crippen LogP contribution is -2.47. The van der Waals surface area contributed by atoms with Crippen LogP contribution in [0.3, 0.4) is 0 Å². The van der Waals surface area contributed by atoms with Crippen LogP contribution in [0.4, 0.5) is 0 Å². The molecule has 0 saturated carbocycles. The van der Waals surface area contributed by atoms with Gasteiger partial charge in [-0.3, -0.25) is 0 Å². The molecule has 2 unspecified atom stereocenters. The second-order valence-corrected chi connectivity index (χ2v) is 3.00. The smallest absolute Gasteiger partial charge is 0.0320 e. The first-order chi connectivity index (χ1) is 4.57. The van der Waals surface area contributed by atoms with Crippen LogP contribution in [0.1, 0.15) is 6.92 Å². The molecule has 3 N–H and O–H groups in total. The minimum absolute atomic E-state index is 0.222. The first-order valence-electron chi connectivity index (χ1n) is 3.65. The van der Waals surface area contributed by atoms with Crippen molar-refractivity contribution in [3.63, 3.8) is 0 Å². The van der Waals surface area contributed by atoms with Crippen LogP contribution in [0.25, 0.3) is 0 Å². The van der Waals surface area contributed by atoms with E-state index < -0.39 is 0 Å². The Morgan fingerprint density at radius 3 is 2.30 bits per heavy atom. The molecular weight excluding hydrogens is 126 g/mol. The molecule has 3 nitrogen and oxygen atoms in total. The summed E-state index contributed by atoms with van der Waals surface area (Å²) < 4.78 is 0. The lowest BCUT2D eigenvalue weighted by molar-refractivity contribution is 0.336. The van der Waals surface area contributed by atoms with Gasteiger partial charge in [-0.1, -0.05) is 0 Å². The van der Waals surface area contributed by atoms with Gasteiger partial charge in [0.15, 0.2) is 0 Å². The Hall–Kier alpha value is -0.120. The fraction of sp³-hybridized carbons (Fsp3) is 1.00. The molecule has 3 heteroatoms. The third kappa shape index (κ3) is 3.82. The Balaban J connectivity index is 3.50. The summed E-state index contributed by atoms with van der Waals surface area (Å²) in [7, 11) is 5.99. The Morgan fingerprint density at radius 2 is 2.00 bits per heavy atom. The molecule has 10 heavy (non-hydrogen) atoms. The van der Waals surface area contributed by atoms with E-state index in [0.717, 1.165) is 6.54 Å². The summed E-state index contributed by atoms with van der Waals surface area (Å²) in [6, 6.07) is 0.613. The average Bonchev–Trinajstić information content (AvgIpc) is 1.85. The number of hydrogen-bond donors (Lipinski definition) is 2. The standard InChI is InChI=1S/C7H19N3/c1-6(9-2)7(8)5-10(3)4/h6-7,9H,5,8H2,1-4H3. The lowest BCUT2D eigenvalue weighted by atomic mass is 10.1. The number of hydrogen-bond acceptors (Lipinski definition) is 3. The third-order valence-electron chi connectivity index (χ3n) is 1.67. The minimum Gasteiger partial charge on any atom is -0.325 e. The van der Waals surface area contributed by atoms with Gasteiger partial charge in [0.25, 0.3) is 0 Å². The van der Waals surface area contributed by atoms with Gasteiger partial charge in [0.05, 0.1) is 0 Å². The van der Waals surface area contributed by atoms with Gasteiger partial charge in [-0.25, -0.2) is 0 Å². The molecule has 0 radical (unpaired) electrons. The van der Waals surface area contributed by atoms with Crippen molar-refractivity contribution < 1.29 is 0 Å². The molecule has 0 aliphatic carbocycles. The van der Waals surface area contributed by atoms with Crippen molar-refractivity contribution in [3.8, 4) is 0 Å². The largest absolute Gasteiger partial charge is 0.325 e. The highest BCUT2D eigenvalue weighted by molar-refractivity contribution is 4.75. The molecule has 0 aliphatic heterocycles. The monoisotopic (exact) mass is 145 g/mol. The zero-order valence-corrected chi connectivity index (χ0v) is 7.39. The Morgan fingerprint density at radius 1 is 1.50 bits per heavy atom. The van der Waals surface area contributed by atoms with Crippen molar-refractivity contribution >= 4 is 0 Å². The van der Waals surface area contributed by atoms with Crippen molar-refractivity contribution in [3.05, 3.63) is 0 Å². The van der Waals surface area contributed by atoms with E-state index in [4.69, 9.17) is 5.73 Å². The SMILES string of the molecule is CNC(C)C(N)CN(C)C. The second kappa shape index (κ2) is 4.66. The highest BCUT2D eigenvalue weighted by Gasteiger charge is 2.09. The fourth-order valence-electron chi connectivity index (χ4n) is 0.794. The number of nitrogens with two attached hydrogens (primary N) is 1. The van der Waals surface area contributed by atoms with E-state index >= 15 is 0 Å². The summed E-state index contributed by atoms with van der Waals surface area (Å²) in [6.07, 6.45) is 0. The summed E-state index contributed by atoms with van der Waals surface area (Å²) in [5, 5.41) is 3.12. The molecule has 0 aromatic carbocycles. The van der Waals surface area contributed by atoms with E-state index in [9.17, 15) is 0 Å². The van der Waals surface area contributed by atoms with E-state index in [0.29, 0.717) is 6.04 Å². The lowest BCUT2D eigenvalue weighted by Gasteiger charge is -2.22. The van der Waals surface area contributed by atoms with E-state index in [-0.39, 0.29) is 6.04 Å². The van der Waals surface area contributed by atoms with E-state index in [1.807, 2.05) is 21.1 Å². The summed E-state index contributed by atoms with van der Waals surface area (Å²) in [5.41, 5.74) is 5.82. The Labute approximate surface area is 63.6 Å². The van der Waals surface area contributed by atoms with Crippen LogP contribution in [0, 0.1) is 0 Å². The predicted molar refractivity (Wildman–Crippen MR) is 45.1 cm³/mol. The van der Waals surface area contributed by atoms with Gasteiger partial charge in [-0.15, -0.1) is 0 Å². The third-order valence-corrected chi connectivity index (χ3v) is 1.67. The highest BCUT2D eigenvalue weighted by Crippen LogP contribution is 1.89. The summed E-state index contributed by atoms with van der Waals surface area (Å²) in [6.45, 7) is 3.02. The summed E-state index contributed by atoms with van der Waals surface area (Å²) in [4.78, 5) is 2.10. The van der Waals surface area contributed by atoms with Gasteiger partial charge < -0.3 is 16.0 Å². The molecule has 0 amide bonds. The molecule has 0 aromatic rings. The topological polar surface area (TPSA) is 41.3 Å². The maximum absolute atomic E-state index is 5.82. The van der Waals surface area contributed by atoms with Gasteiger partial charge in [0.1, 0.15) is 0 Å². The van der Waals surface area contributed by atoms with Crippen molar-refractivity contribution in [2.45, 2.75) is 19.0 Å². The average molecular weight is 145 g/mol. The number of nitrogens with zero attached hydrogens (tertiary/aromatic N) is 1. The van der Waals surface area contributed by atoms with Crippen molar-refractivity contribution in [1.29, 1.82) is 0 Å². The van der Waals surface area contributed by atoms with Crippen LogP contribution >= 0.6 is 0 Å². The van der Waals surface area contributed by atoms with Crippen molar-refractivity contribution in [2.75, 3.05) is 27.7 Å².